The van der Waals surface area contributed by atoms with Gasteiger partial charge in [0.2, 0.25) is 0 Å². The minimum atomic E-state index is 0.390. The van der Waals surface area contributed by atoms with E-state index in [-0.39, 0.29) is 0 Å². The lowest BCUT2D eigenvalue weighted by molar-refractivity contribution is -0.121. The zero-order valence-electron chi connectivity index (χ0n) is 6.75. The molecule has 0 aromatic heterocycles. The van der Waals surface area contributed by atoms with Gasteiger partial charge in [0.25, 0.3) is 0 Å². The Morgan fingerprint density at radius 1 is 1.27 bits per heavy atom. The average Bonchev–Trinajstić information content (AvgIpc) is 2.06. The third-order valence-electron chi connectivity index (χ3n) is 3.00. The van der Waals surface area contributed by atoms with E-state index in [9.17, 15) is 4.79 Å². The van der Waals surface area contributed by atoms with Crippen molar-refractivity contribution in [2.24, 2.45) is 11.8 Å². The first-order valence-corrected chi connectivity index (χ1v) is 4.58. The molecule has 0 bridgehead atoms. The molecular formula is C10H14O. The van der Waals surface area contributed by atoms with Crippen LogP contribution >= 0.6 is 0 Å². The molecule has 0 aromatic carbocycles. The molecule has 1 fully saturated rings. The smallest absolute Gasteiger partial charge is 0.158 e. The molecule has 0 unspecified atom stereocenters. The number of allylic oxidation sites excluding steroid dienone is 2. The van der Waals surface area contributed by atoms with Crippen LogP contribution in [0.25, 0.3) is 0 Å². The molecule has 0 aliphatic heterocycles. The molecule has 2 aliphatic rings. The summed E-state index contributed by atoms with van der Waals surface area (Å²) in [6, 6.07) is 0. The van der Waals surface area contributed by atoms with Gasteiger partial charge in [0.1, 0.15) is 0 Å². The number of hydrogen-bond donors (Lipinski definition) is 0. The minimum absolute atomic E-state index is 0.390. The van der Waals surface area contributed by atoms with Gasteiger partial charge in [-0.25, -0.2) is 0 Å². The number of carbonyl (C=O) groups is 1. The van der Waals surface area contributed by atoms with Crippen molar-refractivity contribution in [1.82, 2.24) is 0 Å². The summed E-state index contributed by atoms with van der Waals surface area (Å²) in [4.78, 5) is 11.3. The fraction of sp³-hybridized carbons (Fsp3) is 0.700. The lowest BCUT2D eigenvalue weighted by Gasteiger charge is -2.31. The third kappa shape index (κ3) is 1.24. The molecule has 2 aliphatic carbocycles. The van der Waals surface area contributed by atoms with Crippen LogP contribution in [0.5, 0.6) is 0 Å². The summed E-state index contributed by atoms with van der Waals surface area (Å²) in [6.07, 6.45) is 10.0. The van der Waals surface area contributed by atoms with Gasteiger partial charge in [-0.1, -0.05) is 18.9 Å². The highest BCUT2D eigenvalue weighted by Gasteiger charge is 2.30. The van der Waals surface area contributed by atoms with E-state index in [0.717, 1.165) is 12.8 Å². The Kier molecular flexibility index (Phi) is 1.80. The maximum Gasteiger partial charge on any atom is 0.158 e. The van der Waals surface area contributed by atoms with E-state index >= 15 is 0 Å². The van der Waals surface area contributed by atoms with Crippen molar-refractivity contribution in [3.05, 3.63) is 12.2 Å². The molecule has 60 valence electrons. The highest BCUT2D eigenvalue weighted by Crippen LogP contribution is 2.35. The van der Waals surface area contributed by atoms with Crippen LogP contribution in [-0.4, -0.2) is 5.78 Å². The predicted octanol–water partition coefficient (Wildman–Crippen LogP) is 2.32. The summed E-state index contributed by atoms with van der Waals surface area (Å²) in [5.74, 6) is 1.48. The monoisotopic (exact) mass is 150 g/mol. The fourth-order valence-electron chi connectivity index (χ4n) is 2.35. The van der Waals surface area contributed by atoms with Gasteiger partial charge in [0.15, 0.2) is 5.78 Å². The van der Waals surface area contributed by atoms with E-state index < -0.39 is 0 Å². The van der Waals surface area contributed by atoms with E-state index in [4.69, 9.17) is 0 Å². The molecule has 0 spiro atoms. The Bertz CT molecular complexity index is 193. The molecule has 2 atom stereocenters. The molecule has 1 nitrogen and oxygen atoms in total. The topological polar surface area (TPSA) is 17.1 Å². The molecule has 0 N–H and O–H groups in total. The third-order valence-corrected chi connectivity index (χ3v) is 3.00. The number of carbonyl (C=O) groups excluding carboxylic acids is 1. The maximum absolute atomic E-state index is 11.3. The summed E-state index contributed by atoms with van der Waals surface area (Å²) in [7, 11) is 0. The Hall–Kier alpha value is -0.590. The Balaban J connectivity index is 2.14. The van der Waals surface area contributed by atoms with Crippen LogP contribution in [0.2, 0.25) is 0 Å². The van der Waals surface area contributed by atoms with Gasteiger partial charge in [0.05, 0.1) is 0 Å². The van der Waals surface area contributed by atoms with Crippen LogP contribution in [0, 0.1) is 11.8 Å². The van der Waals surface area contributed by atoms with Crippen LogP contribution in [0.15, 0.2) is 12.2 Å². The summed E-state index contributed by atoms with van der Waals surface area (Å²) in [6.45, 7) is 0. The van der Waals surface area contributed by atoms with Crippen LogP contribution in [0.1, 0.15) is 32.1 Å². The Morgan fingerprint density at radius 3 is 2.91 bits per heavy atom. The molecular weight excluding hydrogens is 136 g/mol. The van der Waals surface area contributed by atoms with Gasteiger partial charge in [-0.2, -0.15) is 0 Å². The molecule has 0 heterocycles. The molecule has 0 aromatic rings. The zero-order chi connectivity index (χ0) is 7.68. The summed E-state index contributed by atoms with van der Waals surface area (Å²) < 4.78 is 0. The largest absolute Gasteiger partial charge is 0.295 e. The molecule has 0 saturated heterocycles. The van der Waals surface area contributed by atoms with Gasteiger partial charge < -0.3 is 0 Å². The molecule has 1 saturated carbocycles. The second kappa shape index (κ2) is 2.80. The molecule has 0 amide bonds. The van der Waals surface area contributed by atoms with Crippen LogP contribution in [0.3, 0.4) is 0 Å². The van der Waals surface area contributed by atoms with Crippen molar-refractivity contribution in [2.45, 2.75) is 32.1 Å². The highest BCUT2D eigenvalue weighted by atomic mass is 16.1. The van der Waals surface area contributed by atoms with Crippen molar-refractivity contribution in [3.63, 3.8) is 0 Å². The van der Waals surface area contributed by atoms with Gasteiger partial charge in [-0.05, 0) is 31.3 Å². The van der Waals surface area contributed by atoms with Gasteiger partial charge in [0, 0.05) is 5.92 Å². The predicted molar refractivity (Wildman–Crippen MR) is 44.2 cm³/mol. The second-order valence-corrected chi connectivity index (χ2v) is 3.69. The first-order chi connectivity index (χ1) is 5.38. The van der Waals surface area contributed by atoms with E-state index in [1.807, 2.05) is 0 Å². The highest BCUT2D eigenvalue weighted by molar-refractivity contribution is 5.92. The maximum atomic E-state index is 11.3. The average molecular weight is 150 g/mol. The molecule has 2 rings (SSSR count). The molecule has 1 heteroatoms. The normalized spacial score (nSPS) is 36.9. The van der Waals surface area contributed by atoms with Gasteiger partial charge in [-0.3, -0.25) is 4.79 Å². The van der Waals surface area contributed by atoms with Crippen molar-refractivity contribution in [2.75, 3.05) is 0 Å². The van der Waals surface area contributed by atoms with Crippen LogP contribution in [-0.2, 0) is 4.79 Å². The van der Waals surface area contributed by atoms with Crippen molar-refractivity contribution >= 4 is 5.78 Å². The van der Waals surface area contributed by atoms with Gasteiger partial charge in [-0.15, -0.1) is 0 Å². The summed E-state index contributed by atoms with van der Waals surface area (Å²) in [5, 5.41) is 0. The van der Waals surface area contributed by atoms with E-state index in [2.05, 4.69) is 6.08 Å². The quantitative estimate of drug-likeness (QED) is 0.518. The number of hydrogen-bond acceptors (Lipinski definition) is 1. The minimum Gasteiger partial charge on any atom is -0.295 e. The first-order valence-electron chi connectivity index (χ1n) is 4.58. The number of rotatable bonds is 0. The molecule has 0 radical (unpaired) electrons. The van der Waals surface area contributed by atoms with Crippen molar-refractivity contribution in [3.8, 4) is 0 Å². The summed E-state index contributed by atoms with van der Waals surface area (Å²) in [5.41, 5.74) is 0. The van der Waals surface area contributed by atoms with Crippen LogP contribution in [0.4, 0.5) is 0 Å². The molecule has 11 heavy (non-hydrogen) atoms. The van der Waals surface area contributed by atoms with Gasteiger partial charge >= 0.3 is 0 Å². The second-order valence-electron chi connectivity index (χ2n) is 3.69. The SMILES string of the molecule is O=C1C=CC[C@H]2CCCC[C@H]12. The van der Waals surface area contributed by atoms with E-state index in [1.54, 1.807) is 6.08 Å². The fourth-order valence-corrected chi connectivity index (χ4v) is 2.35. The van der Waals surface area contributed by atoms with E-state index in [1.165, 1.54) is 19.3 Å². The Morgan fingerprint density at radius 2 is 2.09 bits per heavy atom. The standard InChI is InChI=1S/C10H14O/c11-10-7-3-5-8-4-1-2-6-9(8)10/h3,7-9H,1-2,4-6H2/t8-,9+/m1/s1. The number of fused-ring (bicyclic) bond motifs is 1. The lowest BCUT2D eigenvalue weighted by atomic mass is 9.73. The number of ketones is 1. The Labute approximate surface area is 67.5 Å². The van der Waals surface area contributed by atoms with Crippen LogP contribution < -0.4 is 0 Å². The first kappa shape index (κ1) is 7.08. The zero-order valence-corrected chi connectivity index (χ0v) is 6.75. The summed E-state index contributed by atoms with van der Waals surface area (Å²) >= 11 is 0. The van der Waals surface area contributed by atoms with Crippen molar-refractivity contribution < 1.29 is 4.79 Å². The van der Waals surface area contributed by atoms with E-state index in [0.29, 0.717) is 17.6 Å². The lowest BCUT2D eigenvalue weighted by Crippen LogP contribution is -2.28. The van der Waals surface area contributed by atoms with Crippen molar-refractivity contribution in [1.29, 1.82) is 0 Å².